The second-order valence-corrected chi connectivity index (χ2v) is 3.88. The molecule has 0 amide bonds. The Morgan fingerprint density at radius 2 is 2.17 bits per heavy atom. The van der Waals surface area contributed by atoms with E-state index in [1.54, 1.807) is 7.11 Å². The van der Waals surface area contributed by atoms with Crippen molar-refractivity contribution in [1.29, 1.82) is 0 Å². The molecule has 1 rings (SSSR count). The van der Waals surface area contributed by atoms with Crippen molar-refractivity contribution in [2.75, 3.05) is 20.3 Å². The molecule has 0 aromatic carbocycles. The van der Waals surface area contributed by atoms with Crippen LogP contribution in [0.1, 0.15) is 33.1 Å². The van der Waals surface area contributed by atoms with E-state index in [0.29, 0.717) is 11.5 Å². The Morgan fingerprint density at radius 1 is 1.50 bits per heavy atom. The molecule has 12 heavy (non-hydrogen) atoms. The molecule has 1 aliphatic carbocycles. The van der Waals surface area contributed by atoms with Crippen molar-refractivity contribution >= 4 is 0 Å². The van der Waals surface area contributed by atoms with E-state index >= 15 is 0 Å². The molecule has 1 saturated carbocycles. The Morgan fingerprint density at radius 3 is 2.58 bits per heavy atom. The molecule has 0 saturated heterocycles. The molecule has 0 radical (unpaired) electrons. The van der Waals surface area contributed by atoms with Gasteiger partial charge >= 0.3 is 0 Å². The van der Waals surface area contributed by atoms with E-state index in [2.05, 4.69) is 19.2 Å². The van der Waals surface area contributed by atoms with Crippen LogP contribution in [0.25, 0.3) is 0 Å². The molecule has 1 aliphatic rings. The minimum absolute atomic E-state index is 0.575. The Hall–Kier alpha value is -0.0800. The first kappa shape index (κ1) is 10.0. The van der Waals surface area contributed by atoms with Crippen LogP contribution in [0.15, 0.2) is 0 Å². The van der Waals surface area contributed by atoms with Crippen molar-refractivity contribution in [1.82, 2.24) is 5.32 Å². The number of nitrogens with one attached hydrogen (secondary N) is 1. The maximum Gasteiger partial charge on any atom is 0.0468 e. The predicted octanol–water partition coefficient (Wildman–Crippen LogP) is 1.80. The maximum atomic E-state index is 5.12. The van der Waals surface area contributed by atoms with E-state index < -0.39 is 0 Å². The summed E-state index contributed by atoms with van der Waals surface area (Å²) in [5.74, 6) is 0. The smallest absolute Gasteiger partial charge is 0.0468 e. The maximum absolute atomic E-state index is 5.12. The van der Waals surface area contributed by atoms with E-state index in [1.807, 2.05) is 0 Å². The lowest BCUT2D eigenvalue weighted by molar-refractivity contribution is 0.161. The number of ether oxygens (including phenoxy) is 1. The minimum Gasteiger partial charge on any atom is -0.385 e. The molecular weight excluding hydrogens is 150 g/mol. The third-order valence-corrected chi connectivity index (χ3v) is 3.13. The first-order chi connectivity index (χ1) is 5.75. The monoisotopic (exact) mass is 171 g/mol. The summed E-state index contributed by atoms with van der Waals surface area (Å²) in [5, 5.41) is 3.50. The van der Waals surface area contributed by atoms with Gasteiger partial charge in [0.15, 0.2) is 0 Å². The van der Waals surface area contributed by atoms with Gasteiger partial charge in [-0.05, 0) is 38.1 Å². The fourth-order valence-electron chi connectivity index (χ4n) is 1.89. The zero-order valence-electron chi connectivity index (χ0n) is 8.52. The van der Waals surface area contributed by atoms with Crippen LogP contribution in [-0.2, 0) is 4.74 Å². The highest BCUT2D eigenvalue weighted by atomic mass is 16.5. The number of hydrogen-bond donors (Lipinski definition) is 1. The van der Waals surface area contributed by atoms with Crippen LogP contribution in [0.5, 0.6) is 0 Å². The molecule has 0 aromatic heterocycles. The van der Waals surface area contributed by atoms with Gasteiger partial charge in [-0.25, -0.2) is 0 Å². The summed E-state index contributed by atoms with van der Waals surface area (Å²) in [4.78, 5) is 0. The van der Waals surface area contributed by atoms with Crippen molar-refractivity contribution in [2.45, 2.75) is 39.2 Å². The van der Waals surface area contributed by atoms with Crippen molar-refractivity contribution < 1.29 is 4.74 Å². The molecule has 1 unspecified atom stereocenters. The van der Waals surface area contributed by atoms with Gasteiger partial charge in [0, 0.05) is 19.8 Å². The van der Waals surface area contributed by atoms with Crippen LogP contribution in [-0.4, -0.2) is 26.3 Å². The molecule has 1 atom stereocenters. The lowest BCUT2D eigenvalue weighted by Crippen LogP contribution is -2.35. The van der Waals surface area contributed by atoms with Gasteiger partial charge in [0.2, 0.25) is 0 Å². The molecule has 0 spiro atoms. The fraction of sp³-hybridized carbons (Fsp3) is 1.00. The summed E-state index contributed by atoms with van der Waals surface area (Å²) in [6.07, 6.45) is 3.98. The molecule has 0 bridgehead atoms. The van der Waals surface area contributed by atoms with Gasteiger partial charge in [-0.1, -0.05) is 6.92 Å². The van der Waals surface area contributed by atoms with E-state index in [-0.39, 0.29) is 0 Å². The molecular formula is C10H21NO. The van der Waals surface area contributed by atoms with Crippen LogP contribution in [0.2, 0.25) is 0 Å². The first-order valence-electron chi connectivity index (χ1n) is 4.97. The fourth-order valence-corrected chi connectivity index (χ4v) is 1.89. The van der Waals surface area contributed by atoms with Crippen LogP contribution >= 0.6 is 0 Å². The molecule has 1 fully saturated rings. The summed E-state index contributed by atoms with van der Waals surface area (Å²) in [6.45, 7) is 6.46. The SMILES string of the molecule is CCNC(C)C1(CCOC)CC1. The van der Waals surface area contributed by atoms with Gasteiger partial charge in [0.1, 0.15) is 0 Å². The Balaban J connectivity index is 2.27. The molecule has 2 heteroatoms. The normalized spacial score (nSPS) is 22.2. The van der Waals surface area contributed by atoms with Gasteiger partial charge in [-0.2, -0.15) is 0 Å². The molecule has 2 nitrogen and oxygen atoms in total. The van der Waals surface area contributed by atoms with Gasteiger partial charge in [-0.15, -0.1) is 0 Å². The average Bonchev–Trinajstić information content (AvgIpc) is 2.82. The molecule has 0 aromatic rings. The van der Waals surface area contributed by atoms with Crippen molar-refractivity contribution in [3.63, 3.8) is 0 Å². The Labute approximate surface area is 75.7 Å². The molecule has 0 aliphatic heterocycles. The quantitative estimate of drug-likeness (QED) is 0.658. The van der Waals surface area contributed by atoms with E-state index in [0.717, 1.165) is 13.2 Å². The van der Waals surface area contributed by atoms with E-state index in [4.69, 9.17) is 4.74 Å². The van der Waals surface area contributed by atoms with Gasteiger partial charge in [0.05, 0.1) is 0 Å². The van der Waals surface area contributed by atoms with Crippen molar-refractivity contribution in [2.24, 2.45) is 5.41 Å². The second kappa shape index (κ2) is 4.24. The summed E-state index contributed by atoms with van der Waals surface area (Å²) in [7, 11) is 1.79. The lowest BCUT2D eigenvalue weighted by atomic mass is 9.94. The third kappa shape index (κ3) is 2.20. The average molecular weight is 171 g/mol. The highest BCUT2D eigenvalue weighted by Gasteiger charge is 2.46. The van der Waals surface area contributed by atoms with Gasteiger partial charge < -0.3 is 10.1 Å². The number of hydrogen-bond acceptors (Lipinski definition) is 2. The second-order valence-electron chi connectivity index (χ2n) is 3.88. The van der Waals surface area contributed by atoms with Crippen LogP contribution in [0.4, 0.5) is 0 Å². The van der Waals surface area contributed by atoms with Crippen molar-refractivity contribution in [3.8, 4) is 0 Å². The first-order valence-corrected chi connectivity index (χ1v) is 4.97. The standard InChI is InChI=1S/C10H21NO/c1-4-11-9(2)10(5-6-10)7-8-12-3/h9,11H,4-8H2,1-3H3. The number of rotatable bonds is 6. The van der Waals surface area contributed by atoms with Gasteiger partial charge in [-0.3, -0.25) is 0 Å². The van der Waals surface area contributed by atoms with Crippen molar-refractivity contribution in [3.05, 3.63) is 0 Å². The minimum atomic E-state index is 0.575. The zero-order valence-corrected chi connectivity index (χ0v) is 8.52. The lowest BCUT2D eigenvalue weighted by Gasteiger charge is -2.23. The topological polar surface area (TPSA) is 21.3 Å². The Kier molecular flexibility index (Phi) is 3.53. The highest BCUT2D eigenvalue weighted by Crippen LogP contribution is 2.51. The third-order valence-electron chi connectivity index (χ3n) is 3.13. The highest BCUT2D eigenvalue weighted by molar-refractivity contribution is 4.99. The Bertz CT molecular complexity index is 132. The summed E-state index contributed by atoms with van der Waals surface area (Å²) >= 11 is 0. The predicted molar refractivity (Wildman–Crippen MR) is 51.3 cm³/mol. The molecule has 72 valence electrons. The summed E-state index contributed by atoms with van der Waals surface area (Å²) < 4.78 is 5.12. The molecule has 0 heterocycles. The van der Waals surface area contributed by atoms with E-state index in [1.165, 1.54) is 19.3 Å². The largest absolute Gasteiger partial charge is 0.385 e. The molecule has 1 N–H and O–H groups in total. The van der Waals surface area contributed by atoms with Gasteiger partial charge in [0.25, 0.3) is 0 Å². The summed E-state index contributed by atoms with van der Waals surface area (Å²) in [5.41, 5.74) is 0.575. The summed E-state index contributed by atoms with van der Waals surface area (Å²) in [6, 6.07) is 0.664. The van der Waals surface area contributed by atoms with Crippen LogP contribution in [0, 0.1) is 5.41 Å². The zero-order chi connectivity index (χ0) is 9.03. The number of methoxy groups -OCH3 is 1. The van der Waals surface area contributed by atoms with Crippen LogP contribution in [0.3, 0.4) is 0 Å². The van der Waals surface area contributed by atoms with E-state index in [9.17, 15) is 0 Å². The van der Waals surface area contributed by atoms with Crippen LogP contribution < -0.4 is 5.32 Å².